The Balaban J connectivity index is 1.74. The number of rotatable bonds is 6. The number of benzene rings is 2. The average molecular weight is 465 g/mol. The molecule has 1 saturated heterocycles. The molecule has 0 aliphatic carbocycles. The number of piperidine rings is 1. The van der Waals surface area contributed by atoms with E-state index in [-0.39, 0.29) is 17.2 Å². The van der Waals surface area contributed by atoms with Gasteiger partial charge in [0, 0.05) is 28.8 Å². The topological polar surface area (TPSA) is 66.5 Å². The first kappa shape index (κ1) is 21.0. The summed E-state index contributed by atoms with van der Waals surface area (Å²) < 4.78 is 28.6. The van der Waals surface area contributed by atoms with Crippen LogP contribution >= 0.6 is 15.9 Å². The minimum absolute atomic E-state index is 0.0950. The molecule has 1 N–H and O–H groups in total. The summed E-state index contributed by atoms with van der Waals surface area (Å²) in [5, 5.41) is 3.08. The highest BCUT2D eigenvalue weighted by atomic mass is 79.9. The summed E-state index contributed by atoms with van der Waals surface area (Å²) in [4.78, 5) is 12.8. The lowest BCUT2D eigenvalue weighted by molar-refractivity contribution is 0.101. The molecule has 0 amide bonds. The Labute approximate surface area is 175 Å². The molecule has 2 aromatic carbocycles. The van der Waals surface area contributed by atoms with Crippen molar-refractivity contribution in [2.75, 3.05) is 25.0 Å². The van der Waals surface area contributed by atoms with Crippen LogP contribution in [-0.4, -0.2) is 38.1 Å². The number of anilines is 1. The van der Waals surface area contributed by atoms with Crippen LogP contribution in [0.25, 0.3) is 0 Å². The molecule has 3 rings (SSSR count). The maximum atomic E-state index is 13.1. The molecule has 0 radical (unpaired) electrons. The smallest absolute Gasteiger partial charge is 0.243 e. The van der Waals surface area contributed by atoms with Gasteiger partial charge in [-0.15, -0.1) is 0 Å². The molecule has 2 atom stereocenters. The highest BCUT2D eigenvalue weighted by Gasteiger charge is 2.31. The normalized spacial score (nSPS) is 20.7. The Hall–Kier alpha value is -1.70. The lowest BCUT2D eigenvalue weighted by Crippen LogP contribution is -2.42. The predicted molar refractivity (Wildman–Crippen MR) is 115 cm³/mol. The molecule has 1 aliphatic heterocycles. The van der Waals surface area contributed by atoms with Gasteiger partial charge in [0.2, 0.25) is 10.0 Å². The van der Waals surface area contributed by atoms with Gasteiger partial charge in [-0.1, -0.05) is 48.0 Å². The monoisotopic (exact) mass is 464 g/mol. The minimum atomic E-state index is -3.60. The fraction of sp³-hybridized carbons (Fsp3) is 0.381. The Bertz CT molecular complexity index is 952. The minimum Gasteiger partial charge on any atom is -0.378 e. The summed E-state index contributed by atoms with van der Waals surface area (Å²) in [6, 6.07) is 13.9. The van der Waals surface area contributed by atoms with Crippen LogP contribution in [0.2, 0.25) is 0 Å². The van der Waals surface area contributed by atoms with Crippen molar-refractivity contribution in [1.29, 1.82) is 0 Å². The van der Waals surface area contributed by atoms with E-state index < -0.39 is 10.0 Å². The number of hydrogen-bond donors (Lipinski definition) is 1. The number of carbonyl (C=O) groups excluding carboxylic acids is 1. The van der Waals surface area contributed by atoms with Crippen molar-refractivity contribution < 1.29 is 13.2 Å². The Kier molecular flexibility index (Phi) is 6.58. The second-order valence-corrected chi connectivity index (χ2v) is 10.4. The van der Waals surface area contributed by atoms with Crippen molar-refractivity contribution in [3.05, 3.63) is 58.6 Å². The van der Waals surface area contributed by atoms with Gasteiger partial charge in [-0.05, 0) is 48.6 Å². The Morgan fingerprint density at radius 1 is 1.11 bits per heavy atom. The molecule has 0 spiro atoms. The highest BCUT2D eigenvalue weighted by molar-refractivity contribution is 9.10. The zero-order chi connectivity index (χ0) is 20.3. The summed E-state index contributed by atoms with van der Waals surface area (Å²) >= 11 is 3.40. The highest BCUT2D eigenvalue weighted by Crippen LogP contribution is 2.27. The lowest BCUT2D eigenvalue weighted by Gasteiger charge is -2.34. The van der Waals surface area contributed by atoms with Gasteiger partial charge in [-0.25, -0.2) is 8.42 Å². The summed E-state index contributed by atoms with van der Waals surface area (Å²) in [6.07, 6.45) is 1.03. The van der Waals surface area contributed by atoms with Gasteiger partial charge in [-0.2, -0.15) is 4.31 Å². The molecule has 0 bridgehead atoms. The fourth-order valence-electron chi connectivity index (χ4n) is 3.66. The van der Waals surface area contributed by atoms with Crippen molar-refractivity contribution in [2.24, 2.45) is 11.8 Å². The summed E-state index contributed by atoms with van der Waals surface area (Å²) in [5.41, 5.74) is 1.21. The van der Waals surface area contributed by atoms with Gasteiger partial charge < -0.3 is 5.32 Å². The first-order valence-electron chi connectivity index (χ1n) is 9.38. The molecule has 1 heterocycles. The maximum absolute atomic E-state index is 13.1. The van der Waals surface area contributed by atoms with E-state index >= 15 is 0 Å². The molecule has 2 aromatic rings. The van der Waals surface area contributed by atoms with Crippen molar-refractivity contribution in [3.8, 4) is 0 Å². The van der Waals surface area contributed by atoms with E-state index in [0.717, 1.165) is 16.6 Å². The van der Waals surface area contributed by atoms with E-state index in [1.165, 1.54) is 6.07 Å². The van der Waals surface area contributed by atoms with Crippen LogP contribution in [0.1, 0.15) is 30.6 Å². The van der Waals surface area contributed by atoms with E-state index in [9.17, 15) is 13.2 Å². The Morgan fingerprint density at radius 3 is 2.46 bits per heavy atom. The number of carbonyl (C=O) groups is 1. The third-order valence-corrected chi connectivity index (χ3v) is 7.23. The van der Waals surface area contributed by atoms with Crippen LogP contribution in [0, 0.1) is 11.8 Å². The molecule has 5 nitrogen and oxygen atoms in total. The predicted octanol–water partition coefficient (Wildman–Crippen LogP) is 4.41. The SMILES string of the molecule is CC1CC(C)CN(S(=O)(=O)c2cccc(C(=O)CNc3cccc(Br)c3)c2)C1. The van der Waals surface area contributed by atoms with E-state index in [1.54, 1.807) is 22.5 Å². The van der Waals surface area contributed by atoms with Gasteiger partial charge >= 0.3 is 0 Å². The van der Waals surface area contributed by atoms with Crippen molar-refractivity contribution in [3.63, 3.8) is 0 Å². The van der Waals surface area contributed by atoms with E-state index in [1.807, 2.05) is 24.3 Å². The van der Waals surface area contributed by atoms with Crippen LogP contribution < -0.4 is 5.32 Å². The first-order chi connectivity index (χ1) is 13.3. The van der Waals surface area contributed by atoms with Gasteiger partial charge in [0.25, 0.3) is 0 Å². The third-order valence-electron chi connectivity index (χ3n) is 4.91. The molecular weight excluding hydrogens is 440 g/mol. The third kappa shape index (κ3) is 5.01. The van der Waals surface area contributed by atoms with Crippen LogP contribution in [0.15, 0.2) is 57.9 Å². The van der Waals surface area contributed by atoms with Gasteiger partial charge in [0.15, 0.2) is 5.78 Å². The van der Waals surface area contributed by atoms with Crippen molar-refractivity contribution in [2.45, 2.75) is 25.2 Å². The van der Waals surface area contributed by atoms with Crippen molar-refractivity contribution >= 4 is 37.4 Å². The molecular formula is C21H25BrN2O3S. The van der Waals surface area contributed by atoms with Gasteiger partial charge in [-0.3, -0.25) is 4.79 Å². The zero-order valence-corrected chi connectivity index (χ0v) is 18.5. The number of Topliss-reactive ketones (excluding diaryl/α,β-unsaturated/α-hetero) is 1. The van der Waals surface area contributed by atoms with Gasteiger partial charge in [0.05, 0.1) is 11.4 Å². The van der Waals surface area contributed by atoms with Crippen molar-refractivity contribution in [1.82, 2.24) is 4.31 Å². The van der Waals surface area contributed by atoms with E-state index in [4.69, 9.17) is 0 Å². The quantitative estimate of drug-likeness (QED) is 0.642. The van der Waals surface area contributed by atoms with E-state index in [2.05, 4.69) is 35.1 Å². The first-order valence-corrected chi connectivity index (χ1v) is 11.6. The largest absolute Gasteiger partial charge is 0.378 e. The molecule has 2 unspecified atom stereocenters. The molecule has 28 heavy (non-hydrogen) atoms. The number of sulfonamides is 1. The lowest BCUT2D eigenvalue weighted by atomic mass is 9.94. The van der Waals surface area contributed by atoms with Crippen LogP contribution in [0.4, 0.5) is 5.69 Å². The van der Waals surface area contributed by atoms with Crippen LogP contribution in [0.5, 0.6) is 0 Å². The summed E-state index contributed by atoms with van der Waals surface area (Å²) in [7, 11) is -3.60. The molecule has 150 valence electrons. The number of ketones is 1. The second-order valence-electron chi connectivity index (χ2n) is 7.58. The summed E-state index contributed by atoms with van der Waals surface area (Å²) in [5.74, 6) is 0.507. The van der Waals surface area contributed by atoms with Gasteiger partial charge in [0.1, 0.15) is 0 Å². The standard InChI is InChI=1S/C21H25BrN2O3S/c1-15-9-16(2)14-24(13-15)28(26,27)20-8-3-5-17(10-20)21(25)12-23-19-7-4-6-18(22)11-19/h3-8,10-11,15-16,23H,9,12-14H2,1-2H3. The summed E-state index contributed by atoms with van der Waals surface area (Å²) in [6.45, 7) is 5.29. The molecule has 1 fully saturated rings. The number of nitrogens with zero attached hydrogens (tertiary/aromatic N) is 1. The molecule has 1 aliphatic rings. The molecule has 0 aromatic heterocycles. The van der Waals surface area contributed by atoms with Crippen LogP contribution in [-0.2, 0) is 10.0 Å². The number of halogens is 1. The Morgan fingerprint density at radius 2 is 1.79 bits per heavy atom. The maximum Gasteiger partial charge on any atom is 0.243 e. The molecule has 0 saturated carbocycles. The second kappa shape index (κ2) is 8.76. The molecule has 7 heteroatoms. The average Bonchev–Trinajstić information content (AvgIpc) is 2.65. The number of nitrogens with one attached hydrogen (secondary N) is 1. The van der Waals surface area contributed by atoms with E-state index in [0.29, 0.717) is 30.5 Å². The van der Waals surface area contributed by atoms with Crippen LogP contribution in [0.3, 0.4) is 0 Å². The zero-order valence-electron chi connectivity index (χ0n) is 16.1. The number of hydrogen-bond acceptors (Lipinski definition) is 4. The fourth-order valence-corrected chi connectivity index (χ4v) is 5.79.